The van der Waals surface area contributed by atoms with E-state index in [9.17, 15) is 13.2 Å². The van der Waals surface area contributed by atoms with Gasteiger partial charge in [-0.25, -0.2) is 8.42 Å². The van der Waals surface area contributed by atoms with Crippen LogP contribution in [0.1, 0.15) is 17.5 Å². The predicted octanol–water partition coefficient (Wildman–Crippen LogP) is 2.53. The summed E-state index contributed by atoms with van der Waals surface area (Å²) in [5.41, 5.74) is 3.22. The molecule has 0 radical (unpaired) electrons. The molecule has 7 heteroatoms. The van der Waals surface area contributed by atoms with Crippen LogP contribution in [0.5, 0.6) is 0 Å². The summed E-state index contributed by atoms with van der Waals surface area (Å²) in [6.45, 7) is 3.61. The molecule has 1 heterocycles. The predicted molar refractivity (Wildman–Crippen MR) is 119 cm³/mol. The molecule has 0 atom stereocenters. The lowest BCUT2D eigenvalue weighted by atomic mass is 10.1. The van der Waals surface area contributed by atoms with Gasteiger partial charge in [0.25, 0.3) is 0 Å². The molecule has 1 aliphatic heterocycles. The van der Waals surface area contributed by atoms with Gasteiger partial charge in [-0.15, -0.1) is 0 Å². The number of rotatable bonds is 9. The lowest BCUT2D eigenvalue weighted by Gasteiger charge is -2.29. The zero-order valence-electron chi connectivity index (χ0n) is 17.5. The van der Waals surface area contributed by atoms with Crippen LogP contribution >= 0.6 is 0 Å². The third-order valence-corrected chi connectivity index (χ3v) is 6.86. The van der Waals surface area contributed by atoms with Crippen LogP contribution < -0.4 is 4.90 Å². The average Bonchev–Trinajstić information content (AvgIpc) is 2.75. The summed E-state index contributed by atoms with van der Waals surface area (Å²) >= 11 is 0. The Labute approximate surface area is 179 Å². The fraction of sp³-hybridized carbons (Fsp3) is 0.435. The SMILES string of the molecule is CN(Cc1ccc(N2CCOCC2)cc1)C(=O)CS(=O)(=O)CCCc1ccccc1. The van der Waals surface area contributed by atoms with Crippen molar-refractivity contribution in [2.24, 2.45) is 0 Å². The molecule has 6 nitrogen and oxygen atoms in total. The van der Waals surface area contributed by atoms with E-state index < -0.39 is 15.6 Å². The lowest BCUT2D eigenvalue weighted by Crippen LogP contribution is -2.36. The largest absolute Gasteiger partial charge is 0.378 e. The Bertz CT molecular complexity index is 908. The second-order valence-electron chi connectivity index (χ2n) is 7.70. The van der Waals surface area contributed by atoms with Crippen LogP contribution in [0, 0.1) is 0 Å². The molecule has 0 aromatic heterocycles. The Kier molecular flexibility index (Phi) is 7.87. The smallest absolute Gasteiger partial charge is 0.237 e. The van der Waals surface area contributed by atoms with Crippen LogP contribution in [0.15, 0.2) is 54.6 Å². The van der Waals surface area contributed by atoms with E-state index in [0.29, 0.717) is 19.4 Å². The fourth-order valence-corrected chi connectivity index (χ4v) is 4.83. The number of aryl methyl sites for hydroxylation is 1. The van der Waals surface area contributed by atoms with Gasteiger partial charge in [0.1, 0.15) is 5.75 Å². The van der Waals surface area contributed by atoms with Crippen LogP contribution in [-0.4, -0.2) is 64.1 Å². The zero-order valence-corrected chi connectivity index (χ0v) is 18.3. The van der Waals surface area contributed by atoms with Crippen molar-refractivity contribution in [2.75, 3.05) is 49.8 Å². The van der Waals surface area contributed by atoms with Crippen LogP contribution in [0.25, 0.3) is 0 Å². The molecule has 1 fully saturated rings. The van der Waals surface area contributed by atoms with Crippen LogP contribution in [0.4, 0.5) is 5.69 Å². The van der Waals surface area contributed by atoms with Gasteiger partial charge in [-0.3, -0.25) is 4.79 Å². The molecule has 0 unspecified atom stereocenters. The number of ether oxygens (including phenoxy) is 1. The molecule has 1 saturated heterocycles. The number of sulfone groups is 1. The number of carbonyl (C=O) groups excluding carboxylic acids is 1. The number of amides is 1. The van der Waals surface area contributed by atoms with E-state index in [1.807, 2.05) is 54.6 Å². The molecule has 0 saturated carbocycles. The van der Waals surface area contributed by atoms with Gasteiger partial charge >= 0.3 is 0 Å². The number of anilines is 1. The molecule has 0 N–H and O–H groups in total. The third kappa shape index (κ3) is 6.85. The van der Waals surface area contributed by atoms with Crippen LogP contribution in [-0.2, 0) is 32.3 Å². The second-order valence-corrected chi connectivity index (χ2v) is 9.88. The standard InChI is InChI=1S/C23H30N2O4S/c1-24(18-21-9-11-22(12-10-21)25-13-15-29-16-14-25)23(26)19-30(27,28)17-5-8-20-6-3-2-4-7-20/h2-4,6-7,9-12H,5,8,13-19H2,1H3. The van der Waals surface area contributed by atoms with Gasteiger partial charge in [-0.1, -0.05) is 42.5 Å². The first-order valence-electron chi connectivity index (χ1n) is 10.3. The van der Waals surface area contributed by atoms with Gasteiger partial charge in [0.05, 0.1) is 19.0 Å². The van der Waals surface area contributed by atoms with Crippen molar-refractivity contribution >= 4 is 21.4 Å². The molecule has 3 rings (SSSR count). The maximum Gasteiger partial charge on any atom is 0.237 e. The van der Waals surface area contributed by atoms with Crippen molar-refractivity contribution in [3.63, 3.8) is 0 Å². The van der Waals surface area contributed by atoms with Gasteiger partial charge in [-0.2, -0.15) is 0 Å². The average molecular weight is 431 g/mol. The Morgan fingerprint density at radius 1 is 1.00 bits per heavy atom. The normalized spacial score (nSPS) is 14.5. The summed E-state index contributed by atoms with van der Waals surface area (Å²) in [6, 6.07) is 17.8. The highest BCUT2D eigenvalue weighted by Crippen LogP contribution is 2.17. The molecule has 0 aliphatic carbocycles. The summed E-state index contributed by atoms with van der Waals surface area (Å²) in [7, 11) is -1.77. The van der Waals surface area contributed by atoms with E-state index in [0.717, 1.165) is 43.1 Å². The van der Waals surface area contributed by atoms with Crippen molar-refractivity contribution in [3.05, 3.63) is 65.7 Å². The number of carbonyl (C=O) groups is 1. The van der Waals surface area contributed by atoms with Crippen molar-refractivity contribution in [1.29, 1.82) is 0 Å². The molecular formula is C23H30N2O4S. The summed E-state index contributed by atoms with van der Waals surface area (Å²) in [5, 5.41) is 0. The van der Waals surface area contributed by atoms with Crippen molar-refractivity contribution in [1.82, 2.24) is 4.90 Å². The van der Waals surface area contributed by atoms with E-state index in [1.54, 1.807) is 7.05 Å². The van der Waals surface area contributed by atoms with E-state index in [-0.39, 0.29) is 11.7 Å². The van der Waals surface area contributed by atoms with Gasteiger partial charge in [0, 0.05) is 32.4 Å². The van der Waals surface area contributed by atoms with Crippen LogP contribution in [0.2, 0.25) is 0 Å². The number of benzene rings is 2. The number of morpholine rings is 1. The Morgan fingerprint density at radius 3 is 2.33 bits per heavy atom. The van der Waals surface area contributed by atoms with Gasteiger partial charge in [0.2, 0.25) is 5.91 Å². The summed E-state index contributed by atoms with van der Waals surface area (Å²) < 4.78 is 30.1. The van der Waals surface area contributed by atoms with Gasteiger partial charge < -0.3 is 14.5 Å². The molecule has 1 amide bonds. The highest BCUT2D eigenvalue weighted by atomic mass is 32.2. The Hall–Kier alpha value is -2.38. The highest BCUT2D eigenvalue weighted by Gasteiger charge is 2.20. The molecule has 2 aromatic carbocycles. The number of nitrogens with zero attached hydrogens (tertiary/aromatic N) is 2. The minimum Gasteiger partial charge on any atom is -0.378 e. The quantitative estimate of drug-likeness (QED) is 0.612. The molecule has 30 heavy (non-hydrogen) atoms. The lowest BCUT2D eigenvalue weighted by molar-refractivity contribution is -0.127. The second kappa shape index (κ2) is 10.6. The molecule has 1 aliphatic rings. The van der Waals surface area contributed by atoms with Gasteiger partial charge in [-0.05, 0) is 36.1 Å². The topological polar surface area (TPSA) is 66.9 Å². The molecular weight excluding hydrogens is 400 g/mol. The maximum atomic E-state index is 12.4. The summed E-state index contributed by atoms with van der Waals surface area (Å²) in [5.74, 6) is -0.785. The minimum atomic E-state index is -3.42. The fourth-order valence-electron chi connectivity index (χ4n) is 3.51. The Balaban J connectivity index is 1.46. The number of hydrogen-bond acceptors (Lipinski definition) is 5. The van der Waals surface area contributed by atoms with E-state index in [2.05, 4.69) is 4.90 Å². The van der Waals surface area contributed by atoms with Crippen molar-refractivity contribution in [2.45, 2.75) is 19.4 Å². The summed E-state index contributed by atoms with van der Waals surface area (Å²) in [4.78, 5) is 16.2. The van der Waals surface area contributed by atoms with E-state index in [1.165, 1.54) is 4.90 Å². The number of hydrogen-bond donors (Lipinski definition) is 0. The Morgan fingerprint density at radius 2 is 1.67 bits per heavy atom. The third-order valence-electron chi connectivity index (χ3n) is 5.27. The van der Waals surface area contributed by atoms with E-state index in [4.69, 9.17) is 4.74 Å². The first-order chi connectivity index (χ1) is 14.4. The van der Waals surface area contributed by atoms with Gasteiger partial charge in [0.15, 0.2) is 9.84 Å². The van der Waals surface area contributed by atoms with Crippen LogP contribution in [0.3, 0.4) is 0 Å². The monoisotopic (exact) mass is 430 g/mol. The zero-order chi connectivity index (χ0) is 21.4. The molecule has 0 bridgehead atoms. The highest BCUT2D eigenvalue weighted by molar-refractivity contribution is 7.92. The molecule has 2 aromatic rings. The van der Waals surface area contributed by atoms with Crippen molar-refractivity contribution < 1.29 is 17.9 Å². The van der Waals surface area contributed by atoms with Crippen molar-refractivity contribution in [3.8, 4) is 0 Å². The summed E-state index contributed by atoms with van der Waals surface area (Å²) in [6.07, 6.45) is 1.21. The minimum absolute atomic E-state index is 0.0235. The van der Waals surface area contributed by atoms with E-state index >= 15 is 0 Å². The molecule has 0 spiro atoms. The molecule has 162 valence electrons. The first-order valence-corrected chi connectivity index (χ1v) is 12.1. The maximum absolute atomic E-state index is 12.4. The first kappa shape index (κ1) is 22.3.